The highest BCUT2D eigenvalue weighted by Gasteiger charge is 2.08. The van der Waals surface area contributed by atoms with Gasteiger partial charge in [0, 0.05) is 11.8 Å². The van der Waals surface area contributed by atoms with Gasteiger partial charge in [-0.3, -0.25) is 4.99 Å². The summed E-state index contributed by atoms with van der Waals surface area (Å²) >= 11 is 0. The highest BCUT2D eigenvalue weighted by Crippen LogP contribution is 2.14. The van der Waals surface area contributed by atoms with Gasteiger partial charge in [-0.1, -0.05) is 0 Å². The molecule has 2 rings (SSSR count). The molecule has 0 bridgehead atoms. The Hall–Kier alpha value is -1.64. The van der Waals surface area contributed by atoms with E-state index >= 15 is 0 Å². The topological polar surface area (TPSA) is 34.0 Å². The van der Waals surface area contributed by atoms with E-state index in [0.29, 0.717) is 6.61 Å². The van der Waals surface area contributed by atoms with Crippen molar-refractivity contribution in [2.24, 2.45) is 9.98 Å². The first-order valence-electron chi connectivity index (χ1n) is 4.66. The fraction of sp³-hybridized carbons (Fsp3) is 0.273. The third kappa shape index (κ3) is 1.82. The number of nitrogens with zero attached hydrogens (tertiary/aromatic N) is 2. The van der Waals surface area contributed by atoms with Gasteiger partial charge in [0.1, 0.15) is 6.61 Å². The Morgan fingerprint density at radius 3 is 2.71 bits per heavy atom. The minimum absolute atomic E-state index is 0.699. The van der Waals surface area contributed by atoms with Gasteiger partial charge in [0.25, 0.3) is 0 Å². The summed E-state index contributed by atoms with van der Waals surface area (Å²) in [4.78, 5) is 8.41. The van der Waals surface area contributed by atoms with Crippen molar-refractivity contribution in [2.75, 3.05) is 13.2 Å². The highest BCUT2D eigenvalue weighted by molar-refractivity contribution is 5.95. The lowest BCUT2D eigenvalue weighted by Crippen LogP contribution is -1.99. The molecule has 0 aromatic heterocycles. The molecule has 1 aliphatic rings. The fourth-order valence-corrected chi connectivity index (χ4v) is 1.35. The number of aliphatic imine (C=N–C) groups is 2. The van der Waals surface area contributed by atoms with Crippen LogP contribution >= 0.6 is 0 Å². The van der Waals surface area contributed by atoms with Gasteiger partial charge in [-0.25, -0.2) is 4.99 Å². The molecule has 0 unspecified atom stereocenters. The zero-order chi connectivity index (χ0) is 9.80. The first-order valence-corrected chi connectivity index (χ1v) is 4.66. The van der Waals surface area contributed by atoms with Gasteiger partial charge in [-0.2, -0.15) is 0 Å². The van der Waals surface area contributed by atoms with Crippen LogP contribution in [-0.2, 0) is 4.74 Å². The number of ether oxygens (including phenoxy) is 1. The molecule has 3 nitrogen and oxygen atoms in total. The maximum Gasteiger partial charge on any atom is 0.216 e. The van der Waals surface area contributed by atoms with Crippen molar-refractivity contribution in [3.8, 4) is 0 Å². The Balaban J connectivity index is 2.21. The first-order chi connectivity index (χ1) is 6.90. The molecule has 0 spiro atoms. The van der Waals surface area contributed by atoms with Crippen LogP contribution < -0.4 is 0 Å². The van der Waals surface area contributed by atoms with E-state index in [2.05, 4.69) is 9.98 Å². The number of hydrogen-bond acceptors (Lipinski definition) is 3. The quantitative estimate of drug-likeness (QED) is 0.655. The SMILES string of the molecule is CC=Nc1ccc(C2=NCCO2)cc1. The predicted molar refractivity (Wildman–Crippen MR) is 57.6 cm³/mol. The Morgan fingerprint density at radius 1 is 1.36 bits per heavy atom. The van der Waals surface area contributed by atoms with Crippen molar-refractivity contribution in [3.05, 3.63) is 29.8 Å². The van der Waals surface area contributed by atoms with Gasteiger partial charge in [-0.05, 0) is 31.2 Å². The van der Waals surface area contributed by atoms with E-state index < -0.39 is 0 Å². The molecule has 0 atom stereocenters. The summed E-state index contributed by atoms with van der Waals surface area (Å²) in [6.45, 7) is 3.37. The van der Waals surface area contributed by atoms with Crippen LogP contribution in [0.2, 0.25) is 0 Å². The monoisotopic (exact) mass is 188 g/mol. The molecule has 1 aromatic rings. The minimum atomic E-state index is 0.699. The molecule has 14 heavy (non-hydrogen) atoms. The Bertz CT molecular complexity index is 365. The van der Waals surface area contributed by atoms with E-state index in [0.717, 1.165) is 23.7 Å². The lowest BCUT2D eigenvalue weighted by Gasteiger charge is -2.01. The van der Waals surface area contributed by atoms with Crippen LogP contribution in [0.25, 0.3) is 0 Å². The predicted octanol–water partition coefficient (Wildman–Crippen LogP) is 2.19. The molecule has 0 saturated heterocycles. The van der Waals surface area contributed by atoms with E-state index in [1.54, 1.807) is 6.21 Å². The molecule has 0 amide bonds. The molecular formula is C11H12N2O. The third-order valence-corrected chi connectivity index (χ3v) is 1.98. The standard InChI is InChI=1S/C11H12N2O/c1-2-12-10-5-3-9(4-6-10)11-13-7-8-14-11/h2-6H,7-8H2,1H3. The molecule has 0 N–H and O–H groups in total. The highest BCUT2D eigenvalue weighted by atomic mass is 16.5. The summed E-state index contributed by atoms with van der Waals surface area (Å²) in [6, 6.07) is 7.87. The van der Waals surface area contributed by atoms with Gasteiger partial charge in [0.15, 0.2) is 0 Å². The zero-order valence-electron chi connectivity index (χ0n) is 8.10. The third-order valence-electron chi connectivity index (χ3n) is 1.98. The van der Waals surface area contributed by atoms with E-state index in [1.807, 2.05) is 31.2 Å². The second-order valence-electron chi connectivity index (χ2n) is 2.97. The molecular weight excluding hydrogens is 176 g/mol. The van der Waals surface area contributed by atoms with Crippen LogP contribution in [0.15, 0.2) is 34.3 Å². The maximum atomic E-state index is 5.35. The van der Waals surface area contributed by atoms with Crippen molar-refractivity contribution in [1.82, 2.24) is 0 Å². The minimum Gasteiger partial charge on any atom is -0.476 e. The van der Waals surface area contributed by atoms with E-state index in [9.17, 15) is 0 Å². The van der Waals surface area contributed by atoms with Crippen LogP contribution in [0.3, 0.4) is 0 Å². The smallest absolute Gasteiger partial charge is 0.216 e. The van der Waals surface area contributed by atoms with Crippen LogP contribution in [0.4, 0.5) is 5.69 Å². The Morgan fingerprint density at radius 2 is 2.14 bits per heavy atom. The number of benzene rings is 1. The molecule has 3 heteroatoms. The van der Waals surface area contributed by atoms with Crippen molar-refractivity contribution in [1.29, 1.82) is 0 Å². The fourth-order valence-electron chi connectivity index (χ4n) is 1.35. The summed E-state index contributed by atoms with van der Waals surface area (Å²) in [7, 11) is 0. The van der Waals surface area contributed by atoms with E-state index in [4.69, 9.17) is 4.74 Å². The van der Waals surface area contributed by atoms with E-state index in [1.165, 1.54) is 0 Å². The van der Waals surface area contributed by atoms with Gasteiger partial charge in [0.05, 0.1) is 12.2 Å². The van der Waals surface area contributed by atoms with Gasteiger partial charge in [0.2, 0.25) is 5.90 Å². The molecule has 1 aliphatic heterocycles. The van der Waals surface area contributed by atoms with Crippen molar-refractivity contribution in [3.63, 3.8) is 0 Å². The average Bonchev–Trinajstić information content (AvgIpc) is 2.72. The molecule has 0 fully saturated rings. The van der Waals surface area contributed by atoms with Gasteiger partial charge >= 0.3 is 0 Å². The lowest BCUT2D eigenvalue weighted by molar-refractivity contribution is 0.348. The van der Waals surface area contributed by atoms with Crippen LogP contribution in [0.5, 0.6) is 0 Å². The molecule has 0 radical (unpaired) electrons. The van der Waals surface area contributed by atoms with E-state index in [-0.39, 0.29) is 0 Å². The van der Waals surface area contributed by atoms with Crippen LogP contribution in [0.1, 0.15) is 12.5 Å². The largest absolute Gasteiger partial charge is 0.476 e. The first kappa shape index (κ1) is 8.94. The molecule has 0 saturated carbocycles. The average molecular weight is 188 g/mol. The summed E-state index contributed by atoms with van der Waals surface area (Å²) in [5.74, 6) is 0.747. The zero-order valence-corrected chi connectivity index (χ0v) is 8.10. The molecule has 1 heterocycles. The second-order valence-corrected chi connectivity index (χ2v) is 2.97. The lowest BCUT2D eigenvalue weighted by atomic mass is 10.2. The molecule has 0 aliphatic carbocycles. The number of hydrogen-bond donors (Lipinski definition) is 0. The second kappa shape index (κ2) is 4.05. The van der Waals surface area contributed by atoms with Gasteiger partial charge in [-0.15, -0.1) is 0 Å². The Kier molecular flexibility index (Phi) is 2.58. The summed E-state index contributed by atoms with van der Waals surface area (Å²) in [6.07, 6.45) is 1.78. The van der Waals surface area contributed by atoms with Crippen LogP contribution in [-0.4, -0.2) is 25.3 Å². The van der Waals surface area contributed by atoms with Crippen molar-refractivity contribution in [2.45, 2.75) is 6.92 Å². The van der Waals surface area contributed by atoms with Crippen molar-refractivity contribution >= 4 is 17.8 Å². The summed E-state index contributed by atoms with van der Waals surface area (Å²) in [5.41, 5.74) is 1.98. The maximum absolute atomic E-state index is 5.35. The summed E-state index contributed by atoms with van der Waals surface area (Å²) < 4.78 is 5.35. The van der Waals surface area contributed by atoms with Crippen molar-refractivity contribution < 1.29 is 4.74 Å². The van der Waals surface area contributed by atoms with Gasteiger partial charge < -0.3 is 4.74 Å². The summed E-state index contributed by atoms with van der Waals surface area (Å²) in [5, 5.41) is 0. The normalized spacial score (nSPS) is 15.6. The molecule has 72 valence electrons. The van der Waals surface area contributed by atoms with Crippen LogP contribution in [0, 0.1) is 0 Å². The number of rotatable bonds is 2. The Labute approximate surface area is 83.2 Å². The molecule has 1 aromatic carbocycles.